The normalized spacial score (nSPS) is 11.3. The van der Waals surface area contributed by atoms with Crippen molar-refractivity contribution >= 4 is 17.7 Å². The van der Waals surface area contributed by atoms with Crippen LogP contribution in [0.3, 0.4) is 0 Å². The largest absolute Gasteiger partial charge is 0.493 e. The minimum absolute atomic E-state index is 0.0558. The van der Waals surface area contributed by atoms with Gasteiger partial charge in [-0.05, 0) is 42.5 Å². The Kier molecular flexibility index (Phi) is 7.66. The van der Waals surface area contributed by atoms with Gasteiger partial charge in [0.25, 0.3) is 5.91 Å². The second kappa shape index (κ2) is 11.0. The van der Waals surface area contributed by atoms with Crippen molar-refractivity contribution in [1.29, 1.82) is 0 Å². The number of alkyl halides is 3. The van der Waals surface area contributed by atoms with Crippen molar-refractivity contribution in [2.24, 2.45) is 0 Å². The Balaban J connectivity index is 1.54. The molecule has 0 bridgehead atoms. The average molecular weight is 500 g/mol. The number of ether oxygens (including phenoxy) is 1. The number of nitrogens with zero attached hydrogens (tertiary/aromatic N) is 4. The first-order valence-electron chi connectivity index (χ1n) is 10.5. The third kappa shape index (κ3) is 6.38. The Hall–Kier alpha value is -3.86. The molecule has 1 amide bonds. The fraction of sp³-hybridized carbons (Fsp3) is 0.167. The maximum Gasteiger partial charge on any atom is 0.416 e. The summed E-state index contributed by atoms with van der Waals surface area (Å²) in [6, 6.07) is 19.1. The summed E-state index contributed by atoms with van der Waals surface area (Å²) in [5.74, 6) is 1.03. The van der Waals surface area contributed by atoms with E-state index in [0.29, 0.717) is 23.3 Å². The first-order chi connectivity index (χ1) is 16.9. The standard InChI is InChI=1S/C24H20F3N5O2S/c25-24(26,27)17-7-6-8-18(15-17)32-21(16-29-22(33)20-11-4-5-12-28-20)30-31-23(32)35-14-13-34-19-9-2-1-3-10-19/h1-12,15H,13-14,16H2,(H,29,33). The molecule has 2 aromatic heterocycles. The molecule has 0 atom stereocenters. The molecule has 0 unspecified atom stereocenters. The molecule has 2 aromatic carbocycles. The van der Waals surface area contributed by atoms with Gasteiger partial charge in [-0.2, -0.15) is 13.2 Å². The van der Waals surface area contributed by atoms with E-state index in [1.807, 2.05) is 30.3 Å². The topological polar surface area (TPSA) is 81.9 Å². The number of carbonyl (C=O) groups excluding carboxylic acids is 1. The van der Waals surface area contributed by atoms with Gasteiger partial charge in [0.15, 0.2) is 11.0 Å². The summed E-state index contributed by atoms with van der Waals surface area (Å²) in [7, 11) is 0. The van der Waals surface area contributed by atoms with Crippen molar-refractivity contribution < 1.29 is 22.7 Å². The number of hydrogen-bond acceptors (Lipinski definition) is 6. The van der Waals surface area contributed by atoms with Crippen LogP contribution in [0.2, 0.25) is 0 Å². The van der Waals surface area contributed by atoms with E-state index in [1.54, 1.807) is 18.2 Å². The lowest BCUT2D eigenvalue weighted by Crippen LogP contribution is -2.25. The van der Waals surface area contributed by atoms with Crippen LogP contribution in [0.15, 0.2) is 84.1 Å². The molecule has 0 aliphatic heterocycles. The van der Waals surface area contributed by atoms with E-state index in [4.69, 9.17) is 4.74 Å². The van der Waals surface area contributed by atoms with Gasteiger partial charge in [0.05, 0.1) is 24.4 Å². The van der Waals surface area contributed by atoms with E-state index >= 15 is 0 Å². The molecule has 0 radical (unpaired) electrons. The van der Waals surface area contributed by atoms with Crippen molar-refractivity contribution in [2.45, 2.75) is 17.9 Å². The number of hydrogen-bond donors (Lipinski definition) is 1. The summed E-state index contributed by atoms with van der Waals surface area (Å²) < 4.78 is 47.2. The molecule has 0 fully saturated rings. The van der Waals surface area contributed by atoms with Crippen LogP contribution >= 0.6 is 11.8 Å². The van der Waals surface area contributed by atoms with Crippen LogP contribution < -0.4 is 10.1 Å². The second-order valence-electron chi connectivity index (χ2n) is 7.19. The van der Waals surface area contributed by atoms with Crippen molar-refractivity contribution in [3.05, 3.63) is 96.1 Å². The predicted molar refractivity (Wildman–Crippen MR) is 124 cm³/mol. The molecule has 0 saturated carbocycles. The third-order valence-electron chi connectivity index (χ3n) is 4.76. The van der Waals surface area contributed by atoms with Gasteiger partial charge in [-0.3, -0.25) is 14.3 Å². The number of benzene rings is 2. The van der Waals surface area contributed by atoms with Crippen LogP contribution in [0.25, 0.3) is 5.69 Å². The van der Waals surface area contributed by atoms with Crippen LogP contribution in [0, 0.1) is 0 Å². The zero-order valence-corrected chi connectivity index (χ0v) is 19.1. The molecule has 11 heteroatoms. The Labute approximate surface area is 203 Å². The summed E-state index contributed by atoms with van der Waals surface area (Å²) in [4.78, 5) is 16.4. The zero-order chi connectivity index (χ0) is 24.7. The average Bonchev–Trinajstić information content (AvgIpc) is 3.28. The highest BCUT2D eigenvalue weighted by molar-refractivity contribution is 7.99. The lowest BCUT2D eigenvalue weighted by molar-refractivity contribution is -0.137. The van der Waals surface area contributed by atoms with Crippen molar-refractivity contribution in [3.8, 4) is 11.4 Å². The predicted octanol–water partition coefficient (Wildman–Crippen LogP) is 4.78. The van der Waals surface area contributed by atoms with E-state index in [1.165, 1.54) is 34.7 Å². The smallest absolute Gasteiger partial charge is 0.416 e. The van der Waals surface area contributed by atoms with Crippen LogP contribution in [0.1, 0.15) is 21.9 Å². The van der Waals surface area contributed by atoms with Crippen LogP contribution in [0.5, 0.6) is 5.75 Å². The Bertz CT molecular complexity index is 1270. The van der Waals surface area contributed by atoms with Gasteiger partial charge in [0.2, 0.25) is 0 Å². The number of pyridine rings is 1. The zero-order valence-electron chi connectivity index (χ0n) is 18.3. The summed E-state index contributed by atoms with van der Waals surface area (Å²) in [5, 5.41) is 11.3. The van der Waals surface area contributed by atoms with Crippen LogP contribution in [0.4, 0.5) is 13.2 Å². The Morgan fingerprint density at radius 2 is 1.80 bits per heavy atom. The number of aromatic nitrogens is 4. The van der Waals surface area contributed by atoms with Crippen molar-refractivity contribution in [3.63, 3.8) is 0 Å². The third-order valence-corrected chi connectivity index (χ3v) is 5.66. The molecule has 0 saturated heterocycles. The Morgan fingerprint density at radius 1 is 1.00 bits per heavy atom. The summed E-state index contributed by atoms with van der Waals surface area (Å²) in [6.07, 6.45) is -3.01. The molecular weight excluding hydrogens is 479 g/mol. The van der Waals surface area contributed by atoms with E-state index in [9.17, 15) is 18.0 Å². The molecule has 7 nitrogen and oxygen atoms in total. The number of para-hydroxylation sites is 1. The molecule has 180 valence electrons. The maximum atomic E-state index is 13.3. The van der Waals surface area contributed by atoms with Gasteiger partial charge in [0.1, 0.15) is 11.4 Å². The molecule has 0 aliphatic carbocycles. The lowest BCUT2D eigenvalue weighted by Gasteiger charge is -2.13. The van der Waals surface area contributed by atoms with Gasteiger partial charge in [-0.15, -0.1) is 10.2 Å². The first-order valence-corrected chi connectivity index (χ1v) is 11.5. The second-order valence-corrected chi connectivity index (χ2v) is 8.25. The highest BCUT2D eigenvalue weighted by Crippen LogP contribution is 2.31. The van der Waals surface area contributed by atoms with E-state index < -0.39 is 17.6 Å². The Morgan fingerprint density at radius 3 is 2.54 bits per heavy atom. The monoisotopic (exact) mass is 499 g/mol. The van der Waals surface area contributed by atoms with Gasteiger partial charge < -0.3 is 10.1 Å². The lowest BCUT2D eigenvalue weighted by atomic mass is 10.2. The van der Waals surface area contributed by atoms with Crippen molar-refractivity contribution in [2.75, 3.05) is 12.4 Å². The number of halogens is 3. The summed E-state index contributed by atoms with van der Waals surface area (Å²) in [5.41, 5.74) is -0.348. The molecule has 4 rings (SSSR count). The molecule has 4 aromatic rings. The minimum Gasteiger partial charge on any atom is -0.493 e. The van der Waals surface area contributed by atoms with Gasteiger partial charge in [-0.1, -0.05) is 42.1 Å². The highest BCUT2D eigenvalue weighted by Gasteiger charge is 2.31. The van der Waals surface area contributed by atoms with Crippen molar-refractivity contribution in [1.82, 2.24) is 25.1 Å². The number of thioether (sulfide) groups is 1. The highest BCUT2D eigenvalue weighted by atomic mass is 32.2. The molecule has 1 N–H and O–H groups in total. The summed E-state index contributed by atoms with van der Waals surface area (Å²) >= 11 is 1.28. The fourth-order valence-corrected chi connectivity index (χ4v) is 3.93. The number of amides is 1. The van der Waals surface area contributed by atoms with Gasteiger partial charge in [0, 0.05) is 11.9 Å². The van der Waals surface area contributed by atoms with Gasteiger partial charge in [-0.25, -0.2) is 0 Å². The molecule has 2 heterocycles. The number of nitrogens with one attached hydrogen (secondary N) is 1. The minimum atomic E-state index is -4.51. The molecular formula is C24H20F3N5O2S. The quantitative estimate of drug-likeness (QED) is 0.264. The molecule has 0 spiro atoms. The molecule has 0 aliphatic rings. The van der Waals surface area contributed by atoms with Crippen LogP contribution in [-0.2, 0) is 12.7 Å². The molecule has 35 heavy (non-hydrogen) atoms. The fourth-order valence-electron chi connectivity index (χ4n) is 3.15. The summed E-state index contributed by atoms with van der Waals surface area (Å²) in [6.45, 7) is 0.301. The number of carbonyl (C=O) groups is 1. The van der Waals surface area contributed by atoms with Gasteiger partial charge >= 0.3 is 6.18 Å². The van der Waals surface area contributed by atoms with Crippen LogP contribution in [-0.4, -0.2) is 38.0 Å². The first kappa shape index (κ1) is 24.3. The number of rotatable bonds is 9. The van der Waals surface area contributed by atoms with E-state index in [2.05, 4.69) is 20.5 Å². The van der Waals surface area contributed by atoms with E-state index in [0.717, 1.165) is 12.1 Å². The maximum absolute atomic E-state index is 13.3. The van der Waals surface area contributed by atoms with E-state index in [-0.39, 0.29) is 23.8 Å². The SMILES string of the molecule is O=C(NCc1nnc(SCCOc2ccccc2)n1-c1cccc(C(F)(F)F)c1)c1ccccn1.